The van der Waals surface area contributed by atoms with E-state index in [0.29, 0.717) is 19.8 Å². The molecule has 0 aromatic rings. The zero-order valence-electron chi connectivity index (χ0n) is 6.86. The van der Waals surface area contributed by atoms with E-state index in [1.54, 1.807) is 0 Å². The molecule has 0 spiro atoms. The van der Waals surface area contributed by atoms with Gasteiger partial charge in [0, 0.05) is 23.3 Å². The molecular formula is C6H12ClNO3S. The number of rotatable bonds is 2. The van der Waals surface area contributed by atoms with Crippen LogP contribution in [0.3, 0.4) is 0 Å². The Morgan fingerprint density at radius 2 is 2.33 bits per heavy atom. The van der Waals surface area contributed by atoms with Crippen molar-refractivity contribution in [3.8, 4) is 0 Å². The minimum Gasteiger partial charge on any atom is -0.378 e. The fourth-order valence-corrected chi connectivity index (χ4v) is 2.65. The molecule has 0 radical (unpaired) electrons. The van der Waals surface area contributed by atoms with Crippen molar-refractivity contribution in [1.29, 1.82) is 0 Å². The van der Waals surface area contributed by atoms with Crippen LogP contribution in [-0.2, 0) is 14.0 Å². The van der Waals surface area contributed by atoms with Crippen LogP contribution in [0.25, 0.3) is 0 Å². The molecule has 1 aliphatic rings. The van der Waals surface area contributed by atoms with Crippen molar-refractivity contribution in [3.63, 3.8) is 0 Å². The van der Waals surface area contributed by atoms with Crippen LogP contribution >= 0.6 is 10.7 Å². The van der Waals surface area contributed by atoms with Gasteiger partial charge in [0.15, 0.2) is 0 Å². The first-order valence-corrected chi connectivity index (χ1v) is 6.11. The zero-order chi connectivity index (χ0) is 9.19. The first kappa shape index (κ1) is 10.2. The molecule has 0 aromatic carbocycles. The summed E-state index contributed by atoms with van der Waals surface area (Å²) in [6.07, 6.45) is 0.728. The number of nitrogens with zero attached hydrogens (tertiary/aromatic N) is 1. The molecule has 0 aliphatic carbocycles. The average molecular weight is 214 g/mol. The van der Waals surface area contributed by atoms with Crippen molar-refractivity contribution in [2.75, 3.05) is 19.8 Å². The summed E-state index contributed by atoms with van der Waals surface area (Å²) in [5.74, 6) is 0. The van der Waals surface area contributed by atoms with Gasteiger partial charge in [-0.05, 0) is 6.42 Å². The molecule has 0 N–H and O–H groups in total. The average Bonchev–Trinajstić information content (AvgIpc) is 2.03. The molecule has 6 heteroatoms. The van der Waals surface area contributed by atoms with Crippen LogP contribution in [0.2, 0.25) is 0 Å². The molecule has 0 aromatic heterocycles. The van der Waals surface area contributed by atoms with Gasteiger partial charge in [0.1, 0.15) is 0 Å². The van der Waals surface area contributed by atoms with Crippen LogP contribution in [0.1, 0.15) is 13.3 Å². The Bertz CT molecular complexity index is 241. The smallest absolute Gasteiger partial charge is 0.300 e. The quantitative estimate of drug-likeness (QED) is 0.631. The van der Waals surface area contributed by atoms with E-state index >= 15 is 0 Å². The van der Waals surface area contributed by atoms with Gasteiger partial charge in [0.25, 0.3) is 9.24 Å². The first-order valence-electron chi connectivity index (χ1n) is 3.85. The standard InChI is InChI=1S/C6H12ClNO3S/c1-2-6-5-11-4-3-8(6)12(7,9)10/h6H,2-5H2,1H3. The van der Waals surface area contributed by atoms with Crippen molar-refractivity contribution in [2.24, 2.45) is 0 Å². The van der Waals surface area contributed by atoms with Crippen LogP contribution in [-0.4, -0.2) is 38.5 Å². The van der Waals surface area contributed by atoms with Crippen LogP contribution in [0.5, 0.6) is 0 Å². The maximum atomic E-state index is 11.0. The normalized spacial score (nSPS) is 27.3. The highest BCUT2D eigenvalue weighted by Crippen LogP contribution is 2.17. The summed E-state index contributed by atoms with van der Waals surface area (Å²) in [7, 11) is 1.67. The van der Waals surface area contributed by atoms with E-state index in [9.17, 15) is 8.42 Å². The third-order valence-electron chi connectivity index (χ3n) is 1.92. The number of morpholine rings is 1. The van der Waals surface area contributed by atoms with E-state index < -0.39 is 9.24 Å². The third-order valence-corrected chi connectivity index (χ3v) is 3.50. The molecule has 1 aliphatic heterocycles. The summed E-state index contributed by atoms with van der Waals surface area (Å²) in [5, 5.41) is 0. The maximum Gasteiger partial charge on any atom is 0.300 e. The number of ether oxygens (including phenoxy) is 1. The summed E-state index contributed by atoms with van der Waals surface area (Å²) in [4.78, 5) is 0. The summed E-state index contributed by atoms with van der Waals surface area (Å²) < 4.78 is 28.4. The fourth-order valence-electron chi connectivity index (χ4n) is 1.25. The third kappa shape index (κ3) is 2.32. The zero-order valence-corrected chi connectivity index (χ0v) is 8.44. The van der Waals surface area contributed by atoms with Crippen molar-refractivity contribution in [3.05, 3.63) is 0 Å². The molecule has 0 bridgehead atoms. The van der Waals surface area contributed by atoms with Gasteiger partial charge in [-0.1, -0.05) is 6.92 Å². The second-order valence-corrected chi connectivity index (χ2v) is 5.15. The number of hydrogen-bond acceptors (Lipinski definition) is 3. The lowest BCUT2D eigenvalue weighted by molar-refractivity contribution is 0.0325. The predicted molar refractivity (Wildman–Crippen MR) is 46.4 cm³/mol. The Balaban J connectivity index is 2.72. The molecular weight excluding hydrogens is 202 g/mol. The molecule has 0 saturated carbocycles. The SMILES string of the molecule is CCC1COCCN1S(=O)(=O)Cl. The fraction of sp³-hybridized carbons (Fsp3) is 1.00. The first-order chi connectivity index (χ1) is 5.55. The summed E-state index contributed by atoms with van der Waals surface area (Å²) in [6, 6.07) is -0.0961. The van der Waals surface area contributed by atoms with Gasteiger partial charge in [0.2, 0.25) is 0 Å². The highest BCUT2D eigenvalue weighted by molar-refractivity contribution is 8.11. The Morgan fingerprint density at radius 3 is 2.75 bits per heavy atom. The minimum atomic E-state index is -3.56. The van der Waals surface area contributed by atoms with Crippen molar-refractivity contribution in [2.45, 2.75) is 19.4 Å². The molecule has 1 saturated heterocycles. The lowest BCUT2D eigenvalue weighted by Crippen LogP contribution is -2.46. The van der Waals surface area contributed by atoms with E-state index in [4.69, 9.17) is 15.4 Å². The van der Waals surface area contributed by atoms with Gasteiger partial charge in [-0.25, -0.2) is 0 Å². The van der Waals surface area contributed by atoms with Crippen molar-refractivity contribution in [1.82, 2.24) is 4.31 Å². The van der Waals surface area contributed by atoms with Gasteiger partial charge < -0.3 is 4.74 Å². The van der Waals surface area contributed by atoms with Gasteiger partial charge in [-0.15, -0.1) is 0 Å². The second-order valence-electron chi connectivity index (χ2n) is 2.69. The van der Waals surface area contributed by atoms with E-state index in [2.05, 4.69) is 0 Å². The summed E-state index contributed by atoms with van der Waals surface area (Å²) >= 11 is 0. The van der Waals surface area contributed by atoms with Crippen LogP contribution < -0.4 is 0 Å². The van der Waals surface area contributed by atoms with Gasteiger partial charge >= 0.3 is 0 Å². The van der Waals surface area contributed by atoms with Gasteiger partial charge in [-0.2, -0.15) is 12.7 Å². The maximum absolute atomic E-state index is 11.0. The van der Waals surface area contributed by atoms with Crippen LogP contribution in [0.15, 0.2) is 0 Å². The number of halogens is 1. The summed E-state index contributed by atoms with van der Waals surface area (Å²) in [6.45, 7) is 3.16. The molecule has 1 unspecified atom stereocenters. The molecule has 0 amide bonds. The van der Waals surface area contributed by atoms with Crippen molar-refractivity contribution >= 4 is 19.9 Å². The van der Waals surface area contributed by atoms with Crippen LogP contribution in [0, 0.1) is 0 Å². The van der Waals surface area contributed by atoms with Gasteiger partial charge in [-0.3, -0.25) is 0 Å². The molecule has 1 rings (SSSR count). The molecule has 4 nitrogen and oxygen atoms in total. The lowest BCUT2D eigenvalue weighted by atomic mass is 10.2. The molecule has 72 valence electrons. The number of hydrogen-bond donors (Lipinski definition) is 0. The lowest BCUT2D eigenvalue weighted by Gasteiger charge is -2.31. The van der Waals surface area contributed by atoms with E-state index in [0.717, 1.165) is 6.42 Å². The predicted octanol–water partition coefficient (Wildman–Crippen LogP) is 0.581. The topological polar surface area (TPSA) is 46.6 Å². The Kier molecular flexibility index (Phi) is 3.34. The van der Waals surface area contributed by atoms with Crippen molar-refractivity contribution < 1.29 is 13.2 Å². The second kappa shape index (κ2) is 3.91. The van der Waals surface area contributed by atoms with E-state index in [1.165, 1.54) is 4.31 Å². The molecule has 1 atom stereocenters. The monoisotopic (exact) mass is 213 g/mol. The molecule has 1 fully saturated rings. The highest BCUT2D eigenvalue weighted by Gasteiger charge is 2.29. The minimum absolute atomic E-state index is 0.0961. The Morgan fingerprint density at radius 1 is 1.67 bits per heavy atom. The molecule has 1 heterocycles. The Labute approximate surface area is 77.0 Å². The molecule has 12 heavy (non-hydrogen) atoms. The highest BCUT2D eigenvalue weighted by atomic mass is 35.7. The van der Waals surface area contributed by atoms with E-state index in [1.807, 2.05) is 6.92 Å². The largest absolute Gasteiger partial charge is 0.378 e. The van der Waals surface area contributed by atoms with E-state index in [-0.39, 0.29) is 6.04 Å². The van der Waals surface area contributed by atoms with Gasteiger partial charge in [0.05, 0.1) is 13.2 Å². The Hall–Kier alpha value is 0.160. The summed E-state index contributed by atoms with van der Waals surface area (Å²) in [5.41, 5.74) is 0. The van der Waals surface area contributed by atoms with Crippen LogP contribution in [0.4, 0.5) is 0 Å².